The van der Waals surface area contributed by atoms with Gasteiger partial charge in [-0.25, -0.2) is 0 Å². The lowest BCUT2D eigenvalue weighted by atomic mass is 10.1. The number of nitrogens with two attached hydrogens (primary N) is 1. The Balaban J connectivity index is 1.98. The lowest BCUT2D eigenvalue weighted by Gasteiger charge is -2.31. The van der Waals surface area contributed by atoms with Crippen LogP contribution in [0.2, 0.25) is 0 Å². The number of thiophene rings is 1. The van der Waals surface area contributed by atoms with E-state index in [1.165, 1.54) is 11.3 Å². The third-order valence-corrected chi connectivity index (χ3v) is 5.35. The second-order valence-electron chi connectivity index (χ2n) is 5.66. The minimum atomic E-state index is -0.275. The van der Waals surface area contributed by atoms with E-state index < -0.39 is 0 Å². The van der Waals surface area contributed by atoms with Crippen LogP contribution in [0.4, 0.5) is 10.7 Å². The summed E-state index contributed by atoms with van der Waals surface area (Å²) < 4.78 is 0. The number of piperidine rings is 1. The molecular weight excluding hydrogens is 274 g/mol. The molecule has 110 valence electrons. The maximum atomic E-state index is 11.9. The summed E-state index contributed by atoms with van der Waals surface area (Å²) in [5.41, 5.74) is 8.01. The molecule has 6 heteroatoms. The number of carbonyl (C=O) groups is 1. The van der Waals surface area contributed by atoms with Crippen LogP contribution in [0, 0.1) is 0 Å². The van der Waals surface area contributed by atoms with Crippen LogP contribution in [0.25, 0.3) is 0 Å². The van der Waals surface area contributed by atoms with Crippen molar-refractivity contribution < 1.29 is 9.90 Å². The van der Waals surface area contributed by atoms with E-state index in [2.05, 4.69) is 10.2 Å². The standard InChI is InChI=1S/C14H21N3O2S/c1-16-13(19)12-11(15)10(8-4-5-8)14(20-12)17-6-2-3-9(18)7-17/h8-9,18H,2-7,15H2,1H3,(H,16,19). The number of nitrogen functional groups attached to an aromatic ring is 1. The van der Waals surface area contributed by atoms with Crippen LogP contribution in [-0.2, 0) is 0 Å². The zero-order valence-electron chi connectivity index (χ0n) is 11.7. The lowest BCUT2D eigenvalue weighted by Crippen LogP contribution is -2.38. The monoisotopic (exact) mass is 295 g/mol. The average molecular weight is 295 g/mol. The summed E-state index contributed by atoms with van der Waals surface area (Å²) >= 11 is 1.47. The Kier molecular flexibility index (Phi) is 3.60. The third-order valence-electron chi connectivity index (χ3n) is 4.07. The molecular formula is C14H21N3O2S. The molecule has 0 radical (unpaired) electrons. The van der Waals surface area contributed by atoms with Gasteiger partial charge in [-0.3, -0.25) is 4.79 Å². The Labute approximate surface area is 122 Å². The van der Waals surface area contributed by atoms with Crippen LogP contribution in [0.1, 0.15) is 46.8 Å². The summed E-state index contributed by atoms with van der Waals surface area (Å²) in [5, 5.41) is 13.6. The molecule has 0 bridgehead atoms. The summed E-state index contributed by atoms with van der Waals surface area (Å²) in [6.07, 6.45) is 3.87. The van der Waals surface area contributed by atoms with Crippen molar-refractivity contribution in [3.8, 4) is 0 Å². The van der Waals surface area contributed by atoms with Crippen molar-refractivity contribution in [1.82, 2.24) is 5.32 Å². The molecule has 0 spiro atoms. The Morgan fingerprint density at radius 1 is 1.45 bits per heavy atom. The minimum Gasteiger partial charge on any atom is -0.397 e. The van der Waals surface area contributed by atoms with Gasteiger partial charge in [-0.1, -0.05) is 0 Å². The Morgan fingerprint density at radius 2 is 2.20 bits per heavy atom. The number of hydrogen-bond acceptors (Lipinski definition) is 5. The number of carbonyl (C=O) groups excluding carboxylic acids is 1. The molecule has 1 unspecified atom stereocenters. The van der Waals surface area contributed by atoms with Crippen molar-refractivity contribution in [2.24, 2.45) is 0 Å². The summed E-state index contributed by atoms with van der Waals surface area (Å²) in [6, 6.07) is 0. The zero-order valence-corrected chi connectivity index (χ0v) is 12.5. The van der Waals surface area contributed by atoms with Crippen molar-refractivity contribution in [3.05, 3.63) is 10.4 Å². The highest BCUT2D eigenvalue weighted by atomic mass is 32.1. The second kappa shape index (κ2) is 5.26. The molecule has 2 fully saturated rings. The molecule has 1 aliphatic carbocycles. The van der Waals surface area contributed by atoms with E-state index in [-0.39, 0.29) is 12.0 Å². The summed E-state index contributed by atoms with van der Waals surface area (Å²) in [6.45, 7) is 1.58. The molecule has 3 rings (SSSR count). The predicted molar refractivity (Wildman–Crippen MR) is 81.6 cm³/mol. The minimum absolute atomic E-state index is 0.113. The largest absolute Gasteiger partial charge is 0.397 e. The first-order chi connectivity index (χ1) is 9.61. The Morgan fingerprint density at radius 3 is 2.80 bits per heavy atom. The normalized spacial score (nSPS) is 22.9. The number of amides is 1. The lowest BCUT2D eigenvalue weighted by molar-refractivity contribution is 0.0968. The number of β-amino-alcohol motifs (C(OH)–C–C–N with tert-alkyl or cyclic N) is 1. The highest BCUT2D eigenvalue weighted by Crippen LogP contribution is 2.52. The molecule has 1 saturated carbocycles. The van der Waals surface area contributed by atoms with Crippen LogP contribution >= 0.6 is 11.3 Å². The fourth-order valence-corrected chi connectivity index (χ4v) is 4.16. The SMILES string of the molecule is CNC(=O)c1sc(N2CCCC(O)C2)c(C2CC2)c1N. The van der Waals surface area contributed by atoms with E-state index in [1.807, 2.05) is 0 Å². The van der Waals surface area contributed by atoms with Gasteiger partial charge in [-0.05, 0) is 31.6 Å². The first-order valence-corrected chi connectivity index (χ1v) is 8.00. The predicted octanol–water partition coefficient (Wildman–Crippen LogP) is 1.53. The molecule has 1 saturated heterocycles. The highest BCUT2D eigenvalue weighted by molar-refractivity contribution is 7.18. The van der Waals surface area contributed by atoms with Crippen LogP contribution in [0.15, 0.2) is 0 Å². The smallest absolute Gasteiger partial charge is 0.263 e. The van der Waals surface area contributed by atoms with Gasteiger partial charge in [0.05, 0.1) is 16.8 Å². The maximum absolute atomic E-state index is 11.9. The maximum Gasteiger partial charge on any atom is 0.263 e. The fraction of sp³-hybridized carbons (Fsp3) is 0.643. The van der Waals surface area contributed by atoms with Crippen molar-refractivity contribution in [2.75, 3.05) is 30.8 Å². The molecule has 2 aliphatic rings. The number of hydrogen-bond donors (Lipinski definition) is 3. The molecule has 1 aliphatic heterocycles. The summed E-state index contributed by atoms with van der Waals surface area (Å²) in [5.74, 6) is 0.386. The second-order valence-corrected chi connectivity index (χ2v) is 6.66. The topological polar surface area (TPSA) is 78.6 Å². The van der Waals surface area contributed by atoms with Crippen LogP contribution in [0.5, 0.6) is 0 Å². The van der Waals surface area contributed by atoms with Gasteiger partial charge in [0.2, 0.25) is 0 Å². The number of aliphatic hydroxyl groups excluding tert-OH is 1. The van der Waals surface area contributed by atoms with Gasteiger partial charge in [0.1, 0.15) is 4.88 Å². The van der Waals surface area contributed by atoms with E-state index in [9.17, 15) is 9.90 Å². The van der Waals surface area contributed by atoms with Crippen LogP contribution in [0.3, 0.4) is 0 Å². The van der Waals surface area contributed by atoms with Crippen molar-refractivity contribution in [2.45, 2.75) is 37.7 Å². The molecule has 1 amide bonds. The quantitative estimate of drug-likeness (QED) is 0.790. The summed E-state index contributed by atoms with van der Waals surface area (Å²) in [4.78, 5) is 14.8. The van der Waals surface area contributed by atoms with Crippen LogP contribution in [-0.4, -0.2) is 37.3 Å². The first kappa shape index (κ1) is 13.7. The highest BCUT2D eigenvalue weighted by Gasteiger charge is 2.35. The molecule has 1 atom stereocenters. The van der Waals surface area contributed by atoms with E-state index in [4.69, 9.17) is 5.73 Å². The molecule has 0 aromatic carbocycles. The number of anilines is 2. The van der Waals surface area contributed by atoms with Gasteiger partial charge in [0.25, 0.3) is 5.91 Å². The van der Waals surface area contributed by atoms with E-state index in [1.54, 1.807) is 7.05 Å². The Bertz CT molecular complexity index is 525. The van der Waals surface area contributed by atoms with Gasteiger partial charge < -0.3 is 21.1 Å². The van der Waals surface area contributed by atoms with Gasteiger partial charge in [-0.2, -0.15) is 0 Å². The van der Waals surface area contributed by atoms with Gasteiger partial charge >= 0.3 is 0 Å². The number of nitrogens with one attached hydrogen (secondary N) is 1. The van der Waals surface area contributed by atoms with E-state index in [0.717, 1.165) is 42.8 Å². The zero-order chi connectivity index (χ0) is 14.3. The van der Waals surface area contributed by atoms with Gasteiger partial charge in [-0.15, -0.1) is 11.3 Å². The van der Waals surface area contributed by atoms with Crippen molar-refractivity contribution in [3.63, 3.8) is 0 Å². The number of aliphatic hydroxyl groups is 1. The third kappa shape index (κ3) is 2.38. The number of rotatable bonds is 3. The van der Waals surface area contributed by atoms with E-state index in [0.29, 0.717) is 23.0 Å². The first-order valence-electron chi connectivity index (χ1n) is 7.19. The number of nitrogens with zero attached hydrogens (tertiary/aromatic N) is 1. The van der Waals surface area contributed by atoms with Crippen molar-refractivity contribution in [1.29, 1.82) is 0 Å². The molecule has 1 aromatic rings. The summed E-state index contributed by atoms with van der Waals surface area (Å²) in [7, 11) is 1.63. The van der Waals surface area contributed by atoms with Crippen molar-refractivity contribution >= 4 is 27.9 Å². The van der Waals surface area contributed by atoms with Gasteiger partial charge in [0, 0.05) is 25.7 Å². The molecule has 1 aromatic heterocycles. The van der Waals surface area contributed by atoms with Gasteiger partial charge in [0.15, 0.2) is 0 Å². The average Bonchev–Trinajstić information content (AvgIpc) is 3.21. The van der Waals surface area contributed by atoms with E-state index >= 15 is 0 Å². The fourth-order valence-electron chi connectivity index (χ4n) is 2.87. The molecule has 4 N–H and O–H groups in total. The molecule has 2 heterocycles. The van der Waals surface area contributed by atoms with Crippen LogP contribution < -0.4 is 16.0 Å². The Hall–Kier alpha value is -1.27. The molecule has 20 heavy (non-hydrogen) atoms. The molecule has 5 nitrogen and oxygen atoms in total.